The molecule has 1 aromatic carbocycles. The van der Waals surface area contributed by atoms with E-state index in [1.807, 2.05) is 0 Å². The molecule has 1 rings (SSSR count). The van der Waals surface area contributed by atoms with Gasteiger partial charge in [-0.05, 0) is 28.1 Å². The predicted octanol–water partition coefficient (Wildman–Crippen LogP) is 3.68. The number of benzene rings is 1. The summed E-state index contributed by atoms with van der Waals surface area (Å²) in [6, 6.07) is 2.61. The van der Waals surface area contributed by atoms with Crippen LogP contribution in [-0.2, 0) is 0 Å². The Bertz CT molecular complexity index is 350. The van der Waals surface area contributed by atoms with Gasteiger partial charge in [0.15, 0.2) is 0 Å². The van der Waals surface area contributed by atoms with Crippen molar-refractivity contribution in [1.29, 1.82) is 0 Å². The Kier molecular flexibility index (Phi) is 4.24. The lowest BCUT2D eigenvalue weighted by molar-refractivity contribution is 0.627. The van der Waals surface area contributed by atoms with Gasteiger partial charge in [-0.2, -0.15) is 0 Å². The SMILES string of the molecule is C#CCCNc1c(Cl)cc(F)cc1Br. The lowest BCUT2D eigenvalue weighted by Crippen LogP contribution is -2.02. The van der Waals surface area contributed by atoms with Gasteiger partial charge >= 0.3 is 0 Å². The monoisotopic (exact) mass is 275 g/mol. The summed E-state index contributed by atoms with van der Waals surface area (Å²) in [6.07, 6.45) is 5.70. The van der Waals surface area contributed by atoms with Crippen LogP contribution in [0.3, 0.4) is 0 Å². The highest BCUT2D eigenvalue weighted by atomic mass is 79.9. The van der Waals surface area contributed by atoms with Crippen molar-refractivity contribution in [3.8, 4) is 12.3 Å². The van der Waals surface area contributed by atoms with E-state index in [-0.39, 0.29) is 5.82 Å². The number of terminal acetylenes is 1. The third-order valence-corrected chi connectivity index (χ3v) is 2.50. The standard InChI is InChI=1S/C10H8BrClFN/c1-2-3-4-14-10-8(11)5-7(13)6-9(10)12/h1,5-6,14H,3-4H2. The van der Waals surface area contributed by atoms with Gasteiger partial charge in [-0.1, -0.05) is 11.6 Å². The van der Waals surface area contributed by atoms with Crippen molar-refractivity contribution in [3.05, 3.63) is 27.4 Å². The molecule has 0 heterocycles. The van der Waals surface area contributed by atoms with Crippen molar-refractivity contribution < 1.29 is 4.39 Å². The van der Waals surface area contributed by atoms with E-state index in [4.69, 9.17) is 18.0 Å². The normalized spacial score (nSPS) is 9.57. The van der Waals surface area contributed by atoms with Crippen LogP contribution in [0.1, 0.15) is 6.42 Å². The molecule has 14 heavy (non-hydrogen) atoms. The first-order valence-electron chi connectivity index (χ1n) is 3.97. The maximum absolute atomic E-state index is 12.8. The molecule has 0 amide bonds. The van der Waals surface area contributed by atoms with Gasteiger partial charge in [0.05, 0.1) is 10.7 Å². The van der Waals surface area contributed by atoms with Gasteiger partial charge in [0.1, 0.15) is 5.82 Å². The summed E-state index contributed by atoms with van der Waals surface area (Å²) in [6.45, 7) is 0.612. The Morgan fingerprint density at radius 3 is 2.86 bits per heavy atom. The molecular formula is C10H8BrClFN. The van der Waals surface area contributed by atoms with Gasteiger partial charge < -0.3 is 5.32 Å². The summed E-state index contributed by atoms with van der Waals surface area (Å²) >= 11 is 9.04. The first kappa shape index (κ1) is 11.4. The molecule has 0 saturated carbocycles. The van der Waals surface area contributed by atoms with Crippen LogP contribution in [0.5, 0.6) is 0 Å². The van der Waals surface area contributed by atoms with E-state index in [1.165, 1.54) is 12.1 Å². The molecule has 0 fully saturated rings. The summed E-state index contributed by atoms with van der Waals surface area (Å²) < 4.78 is 13.4. The highest BCUT2D eigenvalue weighted by Crippen LogP contribution is 2.31. The Morgan fingerprint density at radius 1 is 1.57 bits per heavy atom. The van der Waals surface area contributed by atoms with Crippen molar-refractivity contribution in [3.63, 3.8) is 0 Å². The zero-order valence-corrected chi connectivity index (χ0v) is 9.62. The van der Waals surface area contributed by atoms with Crippen molar-refractivity contribution >= 4 is 33.2 Å². The molecule has 74 valence electrons. The third-order valence-electron chi connectivity index (χ3n) is 1.58. The van der Waals surface area contributed by atoms with E-state index in [0.29, 0.717) is 28.1 Å². The van der Waals surface area contributed by atoms with Crippen LogP contribution in [0.2, 0.25) is 5.02 Å². The van der Waals surface area contributed by atoms with Gasteiger partial charge in [-0.3, -0.25) is 0 Å². The highest BCUT2D eigenvalue weighted by Gasteiger charge is 2.06. The molecule has 0 saturated heterocycles. The zero-order valence-electron chi connectivity index (χ0n) is 7.28. The largest absolute Gasteiger partial charge is 0.382 e. The molecule has 1 N–H and O–H groups in total. The van der Waals surface area contributed by atoms with Gasteiger partial charge in [0.25, 0.3) is 0 Å². The lowest BCUT2D eigenvalue weighted by Gasteiger charge is -2.09. The maximum Gasteiger partial charge on any atom is 0.125 e. The van der Waals surface area contributed by atoms with Crippen molar-refractivity contribution in [2.45, 2.75) is 6.42 Å². The lowest BCUT2D eigenvalue weighted by atomic mass is 10.3. The fourth-order valence-electron chi connectivity index (χ4n) is 0.971. The number of halogens is 3. The third kappa shape index (κ3) is 2.90. The quantitative estimate of drug-likeness (QED) is 0.656. The van der Waals surface area contributed by atoms with E-state index in [0.717, 1.165) is 0 Å². The molecule has 0 atom stereocenters. The maximum atomic E-state index is 12.8. The fourth-order valence-corrected chi connectivity index (χ4v) is 1.93. The summed E-state index contributed by atoms with van der Waals surface area (Å²) in [7, 11) is 0. The van der Waals surface area contributed by atoms with Crippen LogP contribution in [0.4, 0.5) is 10.1 Å². The molecule has 1 nitrogen and oxygen atoms in total. The average Bonchev–Trinajstić information content (AvgIpc) is 2.09. The number of anilines is 1. The van der Waals surface area contributed by atoms with Crippen molar-refractivity contribution in [1.82, 2.24) is 0 Å². The van der Waals surface area contributed by atoms with Crippen LogP contribution in [0.15, 0.2) is 16.6 Å². The molecule has 0 aromatic heterocycles. The molecule has 4 heteroatoms. The van der Waals surface area contributed by atoms with E-state index in [1.54, 1.807) is 0 Å². The zero-order chi connectivity index (χ0) is 10.6. The number of hydrogen-bond donors (Lipinski definition) is 1. The van der Waals surface area contributed by atoms with Crippen molar-refractivity contribution in [2.75, 3.05) is 11.9 Å². The molecule has 0 aliphatic rings. The second kappa shape index (κ2) is 5.23. The summed E-state index contributed by atoms with van der Waals surface area (Å²) in [5, 5.41) is 3.36. The number of hydrogen-bond acceptors (Lipinski definition) is 1. The molecule has 0 aliphatic carbocycles. The minimum absolute atomic E-state index is 0.342. The van der Waals surface area contributed by atoms with E-state index < -0.39 is 0 Å². The number of nitrogens with one attached hydrogen (secondary N) is 1. The highest BCUT2D eigenvalue weighted by molar-refractivity contribution is 9.10. The Hall–Kier alpha value is -0.720. The summed E-state index contributed by atoms with van der Waals surface area (Å²) in [4.78, 5) is 0. The molecule has 0 unspecified atom stereocenters. The van der Waals surface area contributed by atoms with E-state index in [2.05, 4.69) is 27.2 Å². The van der Waals surface area contributed by atoms with E-state index >= 15 is 0 Å². The fraction of sp³-hybridized carbons (Fsp3) is 0.200. The molecule has 1 aromatic rings. The van der Waals surface area contributed by atoms with Crippen molar-refractivity contribution in [2.24, 2.45) is 0 Å². The van der Waals surface area contributed by atoms with Crippen LogP contribution >= 0.6 is 27.5 Å². The van der Waals surface area contributed by atoms with Crippen LogP contribution in [0, 0.1) is 18.2 Å². The molecular weight excluding hydrogens is 268 g/mol. The minimum Gasteiger partial charge on any atom is -0.382 e. The minimum atomic E-state index is -0.371. The predicted molar refractivity (Wildman–Crippen MR) is 61.0 cm³/mol. The van der Waals surface area contributed by atoms with Crippen LogP contribution in [0.25, 0.3) is 0 Å². The Morgan fingerprint density at radius 2 is 2.29 bits per heavy atom. The first-order chi connectivity index (χ1) is 6.65. The summed E-state index contributed by atoms with van der Waals surface area (Å²) in [5.74, 6) is 2.12. The Balaban J connectivity index is 2.81. The molecule has 0 bridgehead atoms. The molecule has 0 spiro atoms. The van der Waals surface area contributed by atoms with Crippen LogP contribution in [-0.4, -0.2) is 6.54 Å². The van der Waals surface area contributed by atoms with Gasteiger partial charge in [0, 0.05) is 17.4 Å². The van der Waals surface area contributed by atoms with Crippen LogP contribution < -0.4 is 5.32 Å². The van der Waals surface area contributed by atoms with Gasteiger partial charge in [-0.25, -0.2) is 4.39 Å². The Labute approximate surface area is 95.8 Å². The smallest absolute Gasteiger partial charge is 0.125 e. The average molecular weight is 277 g/mol. The van der Waals surface area contributed by atoms with Gasteiger partial charge in [-0.15, -0.1) is 12.3 Å². The van der Waals surface area contributed by atoms with Gasteiger partial charge in [0.2, 0.25) is 0 Å². The molecule has 0 aliphatic heterocycles. The first-order valence-corrected chi connectivity index (χ1v) is 5.14. The second-order valence-electron chi connectivity index (χ2n) is 2.63. The summed E-state index contributed by atoms with van der Waals surface area (Å²) in [5.41, 5.74) is 0.670. The molecule has 0 radical (unpaired) electrons. The topological polar surface area (TPSA) is 12.0 Å². The number of rotatable bonds is 3. The second-order valence-corrected chi connectivity index (χ2v) is 3.89. The van der Waals surface area contributed by atoms with E-state index in [9.17, 15) is 4.39 Å².